The lowest BCUT2D eigenvalue weighted by Gasteiger charge is -2.36. The SMILES string of the molecule is CC(C)(C)[C@@H](C(=O)ONC(=O)c1ccc(Cl)cc1N)C1CCCCC1. The van der Waals surface area contributed by atoms with Crippen molar-refractivity contribution in [1.29, 1.82) is 0 Å². The lowest BCUT2D eigenvalue weighted by molar-refractivity contribution is -0.161. The van der Waals surface area contributed by atoms with Gasteiger partial charge in [0.2, 0.25) is 0 Å². The van der Waals surface area contributed by atoms with E-state index in [1.807, 2.05) is 20.8 Å². The van der Waals surface area contributed by atoms with Crippen LogP contribution in [0.25, 0.3) is 0 Å². The number of hydroxylamine groups is 1. The Kier molecular flexibility index (Phi) is 6.33. The van der Waals surface area contributed by atoms with Gasteiger partial charge in [0.15, 0.2) is 0 Å². The maximum atomic E-state index is 12.7. The van der Waals surface area contributed by atoms with Crippen molar-refractivity contribution in [2.24, 2.45) is 17.3 Å². The monoisotopic (exact) mass is 366 g/mol. The third-order valence-corrected chi connectivity index (χ3v) is 5.05. The molecular weight excluding hydrogens is 340 g/mol. The molecule has 0 spiro atoms. The molecule has 5 nitrogen and oxygen atoms in total. The molecule has 0 aliphatic heterocycles. The summed E-state index contributed by atoms with van der Waals surface area (Å²) in [6, 6.07) is 4.55. The third kappa shape index (κ3) is 5.11. The molecule has 1 aliphatic rings. The molecule has 2 rings (SSSR count). The van der Waals surface area contributed by atoms with E-state index in [9.17, 15) is 9.59 Å². The summed E-state index contributed by atoms with van der Waals surface area (Å²) in [5.74, 6) is -0.909. The topological polar surface area (TPSA) is 81.4 Å². The molecule has 0 unspecified atom stereocenters. The molecule has 0 bridgehead atoms. The van der Waals surface area contributed by atoms with E-state index >= 15 is 0 Å². The summed E-state index contributed by atoms with van der Waals surface area (Å²) in [5, 5.41) is 0.441. The number of carbonyl (C=O) groups is 2. The number of nitrogens with two attached hydrogens (primary N) is 1. The molecule has 1 amide bonds. The number of hydrogen-bond donors (Lipinski definition) is 2. The van der Waals surface area contributed by atoms with Gasteiger partial charge in [-0.15, -0.1) is 0 Å². The Balaban J connectivity index is 2.04. The van der Waals surface area contributed by atoms with Gasteiger partial charge in [0, 0.05) is 10.7 Å². The number of nitrogen functional groups attached to an aromatic ring is 1. The van der Waals surface area contributed by atoms with Crippen LogP contribution in [-0.2, 0) is 9.63 Å². The van der Waals surface area contributed by atoms with Crippen molar-refractivity contribution in [2.75, 3.05) is 5.73 Å². The first-order valence-electron chi connectivity index (χ1n) is 8.76. The highest BCUT2D eigenvalue weighted by molar-refractivity contribution is 6.31. The zero-order chi connectivity index (χ0) is 18.6. The van der Waals surface area contributed by atoms with Crippen LogP contribution < -0.4 is 11.2 Å². The van der Waals surface area contributed by atoms with Crippen molar-refractivity contribution < 1.29 is 14.4 Å². The summed E-state index contributed by atoms with van der Waals surface area (Å²) in [5.41, 5.74) is 8.26. The fourth-order valence-corrected chi connectivity index (χ4v) is 3.86. The maximum Gasteiger partial charge on any atom is 0.336 e. The van der Waals surface area contributed by atoms with Crippen molar-refractivity contribution in [3.05, 3.63) is 28.8 Å². The predicted molar refractivity (Wildman–Crippen MR) is 98.9 cm³/mol. The van der Waals surface area contributed by atoms with Crippen molar-refractivity contribution in [1.82, 2.24) is 5.48 Å². The zero-order valence-electron chi connectivity index (χ0n) is 15.1. The van der Waals surface area contributed by atoms with Crippen LogP contribution in [0.3, 0.4) is 0 Å². The molecule has 0 saturated heterocycles. The molecule has 1 atom stereocenters. The van der Waals surface area contributed by atoms with Crippen LogP contribution in [0.5, 0.6) is 0 Å². The molecule has 0 radical (unpaired) electrons. The van der Waals surface area contributed by atoms with Crippen LogP contribution in [-0.4, -0.2) is 11.9 Å². The molecule has 3 N–H and O–H groups in total. The standard InChI is InChI=1S/C19H27ClN2O3/c1-19(2,3)16(12-7-5-4-6-8-12)18(24)25-22-17(23)14-10-9-13(20)11-15(14)21/h9-12,16H,4-8,21H2,1-3H3,(H,22,23)/t16-/m1/s1. The highest BCUT2D eigenvalue weighted by Gasteiger charge is 2.40. The Labute approximate surface area is 154 Å². The normalized spacial score (nSPS) is 17.0. The van der Waals surface area contributed by atoms with E-state index in [0.29, 0.717) is 10.9 Å². The Morgan fingerprint density at radius 3 is 2.44 bits per heavy atom. The van der Waals surface area contributed by atoms with Crippen LogP contribution in [0, 0.1) is 17.3 Å². The van der Waals surface area contributed by atoms with Crippen LogP contribution in [0.2, 0.25) is 5.02 Å². The van der Waals surface area contributed by atoms with Gasteiger partial charge < -0.3 is 10.6 Å². The molecule has 0 heterocycles. The number of rotatable bonds is 3. The van der Waals surface area contributed by atoms with Crippen LogP contribution in [0.15, 0.2) is 18.2 Å². The van der Waals surface area contributed by atoms with Gasteiger partial charge in [-0.25, -0.2) is 4.79 Å². The molecule has 1 aromatic carbocycles. The number of carbonyl (C=O) groups excluding carboxylic acids is 2. The highest BCUT2D eigenvalue weighted by atomic mass is 35.5. The van der Waals surface area contributed by atoms with Crippen molar-refractivity contribution in [2.45, 2.75) is 52.9 Å². The second-order valence-corrected chi connectivity index (χ2v) is 8.26. The lowest BCUT2D eigenvalue weighted by Crippen LogP contribution is -2.40. The van der Waals surface area contributed by atoms with Gasteiger partial charge in [0.05, 0.1) is 11.5 Å². The first kappa shape index (κ1) is 19.6. The van der Waals surface area contributed by atoms with E-state index in [1.165, 1.54) is 18.6 Å². The van der Waals surface area contributed by atoms with E-state index in [0.717, 1.165) is 25.7 Å². The Morgan fingerprint density at radius 1 is 1.24 bits per heavy atom. The van der Waals surface area contributed by atoms with Gasteiger partial charge in [0.1, 0.15) is 0 Å². The largest absolute Gasteiger partial charge is 0.398 e. The molecule has 25 heavy (non-hydrogen) atoms. The molecule has 1 aromatic rings. The van der Waals surface area contributed by atoms with Crippen LogP contribution >= 0.6 is 11.6 Å². The summed E-state index contributed by atoms with van der Waals surface area (Å²) in [4.78, 5) is 30.1. The van der Waals surface area contributed by atoms with Gasteiger partial charge in [-0.3, -0.25) is 4.79 Å². The number of hydrogen-bond acceptors (Lipinski definition) is 4. The average molecular weight is 367 g/mol. The second-order valence-electron chi connectivity index (χ2n) is 7.83. The molecule has 6 heteroatoms. The smallest absolute Gasteiger partial charge is 0.336 e. The van der Waals surface area contributed by atoms with Crippen LogP contribution in [0.1, 0.15) is 63.2 Å². The van der Waals surface area contributed by atoms with Gasteiger partial charge >= 0.3 is 5.97 Å². The third-order valence-electron chi connectivity index (χ3n) is 4.81. The average Bonchev–Trinajstić information content (AvgIpc) is 2.52. The van der Waals surface area contributed by atoms with Crippen molar-refractivity contribution in [3.63, 3.8) is 0 Å². The van der Waals surface area contributed by atoms with E-state index in [-0.39, 0.29) is 28.6 Å². The number of amides is 1. The minimum absolute atomic E-state index is 0.224. The second kappa shape index (κ2) is 8.09. The molecule has 0 aromatic heterocycles. The maximum absolute atomic E-state index is 12.7. The van der Waals surface area contributed by atoms with Crippen molar-refractivity contribution in [3.8, 4) is 0 Å². The quantitative estimate of drug-likeness (QED) is 0.615. The first-order valence-corrected chi connectivity index (χ1v) is 9.14. The summed E-state index contributed by atoms with van der Waals surface area (Å²) >= 11 is 5.83. The lowest BCUT2D eigenvalue weighted by atomic mass is 9.68. The van der Waals surface area contributed by atoms with E-state index < -0.39 is 5.91 Å². The van der Waals surface area contributed by atoms with Gasteiger partial charge in [0.25, 0.3) is 5.91 Å². The summed E-state index contributed by atoms with van der Waals surface area (Å²) in [6.45, 7) is 6.10. The van der Waals surface area contributed by atoms with Gasteiger partial charge in [-0.1, -0.05) is 51.6 Å². The Hall–Kier alpha value is -1.75. The zero-order valence-corrected chi connectivity index (χ0v) is 15.9. The summed E-state index contributed by atoms with van der Waals surface area (Å²) in [6.07, 6.45) is 5.54. The minimum Gasteiger partial charge on any atom is -0.398 e. The van der Waals surface area contributed by atoms with E-state index in [1.54, 1.807) is 6.07 Å². The minimum atomic E-state index is -0.557. The molecule has 1 saturated carbocycles. The molecular formula is C19H27ClN2O3. The highest BCUT2D eigenvalue weighted by Crippen LogP contribution is 2.40. The number of nitrogens with one attached hydrogen (secondary N) is 1. The molecule has 1 aliphatic carbocycles. The Morgan fingerprint density at radius 2 is 1.88 bits per heavy atom. The van der Waals surface area contributed by atoms with Crippen molar-refractivity contribution >= 4 is 29.2 Å². The van der Waals surface area contributed by atoms with E-state index in [4.69, 9.17) is 22.2 Å². The Bertz CT molecular complexity index is 634. The fourth-order valence-electron chi connectivity index (χ4n) is 3.68. The predicted octanol–water partition coefficient (Wildman–Crippen LogP) is 4.35. The number of halogens is 1. The molecule has 1 fully saturated rings. The van der Waals surface area contributed by atoms with Gasteiger partial charge in [-0.2, -0.15) is 5.48 Å². The van der Waals surface area contributed by atoms with Gasteiger partial charge in [-0.05, 0) is 42.4 Å². The first-order chi connectivity index (χ1) is 11.7. The molecule has 138 valence electrons. The summed E-state index contributed by atoms with van der Waals surface area (Å²) in [7, 11) is 0. The fraction of sp³-hybridized carbons (Fsp3) is 0.579. The number of anilines is 1. The number of benzene rings is 1. The summed E-state index contributed by atoms with van der Waals surface area (Å²) < 4.78 is 0. The van der Waals surface area contributed by atoms with E-state index in [2.05, 4.69) is 5.48 Å². The van der Waals surface area contributed by atoms with Crippen LogP contribution in [0.4, 0.5) is 5.69 Å².